The molecule has 0 rings (SSSR count). The van der Waals surface area contributed by atoms with Gasteiger partial charge in [0.2, 0.25) is 0 Å². The molecule has 0 saturated heterocycles. The van der Waals surface area contributed by atoms with E-state index in [1.807, 2.05) is 0 Å². The van der Waals surface area contributed by atoms with Crippen LogP contribution in [0, 0.1) is 0 Å². The number of hydrogen-bond acceptors (Lipinski definition) is 5. The summed E-state index contributed by atoms with van der Waals surface area (Å²) in [5.41, 5.74) is 0. The molecule has 0 aliphatic carbocycles. The van der Waals surface area contributed by atoms with Gasteiger partial charge in [0.15, 0.2) is 0 Å². The van der Waals surface area contributed by atoms with E-state index >= 15 is 0 Å². The van der Waals surface area contributed by atoms with Crippen molar-refractivity contribution in [2.24, 2.45) is 0 Å². The molecule has 2 radical (unpaired) electrons. The van der Waals surface area contributed by atoms with Gasteiger partial charge in [0, 0.05) is 0 Å². The Labute approximate surface area is 89.0 Å². The SMILES string of the molecule is [O]=[Mn](=[O])([OH])[OH].[O]=[Sb]([O-])([O-])[OH].[Pb+2]. The van der Waals surface area contributed by atoms with Gasteiger partial charge in [0.1, 0.15) is 0 Å². The van der Waals surface area contributed by atoms with Crippen LogP contribution in [0.25, 0.3) is 0 Å². The van der Waals surface area contributed by atoms with E-state index in [9.17, 15) is 0 Å². The average molecular weight is 515 g/mol. The fourth-order valence-corrected chi connectivity index (χ4v) is 0. The van der Waals surface area contributed by atoms with Crippen molar-refractivity contribution in [2.45, 2.75) is 0 Å². The topological polar surface area (TPSA) is 158 Å². The van der Waals surface area contributed by atoms with Crippen LogP contribution in [0.3, 0.4) is 0 Å². The van der Waals surface area contributed by atoms with E-state index in [2.05, 4.69) is 0 Å². The Morgan fingerprint density at radius 3 is 1.18 bits per heavy atom. The minimum atomic E-state index is -5.85. The Balaban J connectivity index is -0.000000107. The number of rotatable bonds is 0. The van der Waals surface area contributed by atoms with E-state index < -0.39 is 33.4 Å². The Bertz CT molecular complexity index is 192. The van der Waals surface area contributed by atoms with Gasteiger partial charge in [-0.1, -0.05) is 0 Å². The molecule has 0 aliphatic heterocycles. The van der Waals surface area contributed by atoms with Gasteiger partial charge in [0.05, 0.1) is 0 Å². The van der Waals surface area contributed by atoms with E-state index in [1.165, 1.54) is 0 Å². The van der Waals surface area contributed by atoms with Crippen molar-refractivity contribution < 1.29 is 42.6 Å². The van der Waals surface area contributed by atoms with E-state index in [-0.39, 0.29) is 27.3 Å². The maximum Gasteiger partial charge on any atom is 2.00 e. The molecule has 67 valence electrons. The molecule has 0 aliphatic rings. The summed E-state index contributed by atoms with van der Waals surface area (Å²) in [6.07, 6.45) is 0. The molecule has 0 aromatic carbocycles. The molecule has 0 bridgehead atoms. The zero-order chi connectivity index (χ0) is 9.00. The molecular weight excluding hydrogens is 512 g/mol. The first kappa shape index (κ1) is 18.3. The molecule has 0 aromatic heterocycles. The van der Waals surface area contributed by atoms with Crippen molar-refractivity contribution >= 4 is 47.4 Å². The van der Waals surface area contributed by atoms with Gasteiger partial charge in [-0.25, -0.2) is 0 Å². The maximum atomic E-state index is 8.80. The fourth-order valence-electron chi connectivity index (χ4n) is 0. The summed E-state index contributed by atoms with van der Waals surface area (Å²) in [5.74, 6) is 0. The Morgan fingerprint density at radius 2 is 1.18 bits per heavy atom. The van der Waals surface area contributed by atoms with Crippen molar-refractivity contribution in [3.63, 3.8) is 0 Å². The van der Waals surface area contributed by atoms with Crippen LogP contribution in [0.4, 0.5) is 0 Å². The zero-order valence-electron chi connectivity index (χ0n) is 4.71. The van der Waals surface area contributed by atoms with Crippen LogP contribution < -0.4 is 6.77 Å². The van der Waals surface area contributed by atoms with Gasteiger partial charge >= 0.3 is 89.9 Å². The molecule has 0 heterocycles. The van der Waals surface area contributed by atoms with Gasteiger partial charge < -0.3 is 0 Å². The molecule has 8 nitrogen and oxygen atoms in total. The fraction of sp³-hybridized carbons (Fsp3) is 0. The molecule has 11 heavy (non-hydrogen) atoms. The smallest absolute Gasteiger partial charge is 2.00 e. The van der Waals surface area contributed by atoms with Crippen LogP contribution in [-0.4, -0.2) is 59.1 Å². The first-order valence-corrected chi connectivity index (χ1v) is 7.68. The third-order valence-corrected chi connectivity index (χ3v) is 0. The van der Waals surface area contributed by atoms with Crippen molar-refractivity contribution in [3.05, 3.63) is 0 Å². The van der Waals surface area contributed by atoms with Gasteiger partial charge in [0.25, 0.3) is 0 Å². The van der Waals surface area contributed by atoms with Crippen LogP contribution in [0.1, 0.15) is 0 Å². The summed E-state index contributed by atoms with van der Waals surface area (Å²) in [6.45, 7) is 0. The van der Waals surface area contributed by atoms with Crippen LogP contribution >= 0.6 is 0 Å². The molecule has 0 aromatic rings. The van der Waals surface area contributed by atoms with Crippen LogP contribution in [0.2, 0.25) is 0 Å². The summed E-state index contributed by atoms with van der Waals surface area (Å²) in [6, 6.07) is 0. The van der Waals surface area contributed by atoms with Crippen molar-refractivity contribution in [1.82, 2.24) is 0 Å². The Hall–Kier alpha value is 1.46. The first-order chi connectivity index (χ1) is 4.00. The third-order valence-electron chi connectivity index (χ3n) is 0. The van der Waals surface area contributed by atoms with E-state index in [1.54, 1.807) is 0 Å². The van der Waals surface area contributed by atoms with E-state index in [0.29, 0.717) is 0 Å². The Morgan fingerprint density at radius 1 is 1.18 bits per heavy atom. The van der Waals surface area contributed by atoms with Gasteiger partial charge in [-0.15, -0.1) is 0 Å². The van der Waals surface area contributed by atoms with Gasteiger partial charge in [-0.2, -0.15) is 0 Å². The third kappa shape index (κ3) is 481. The molecule has 3 N–H and O–H groups in total. The van der Waals surface area contributed by atoms with Crippen molar-refractivity contribution in [3.8, 4) is 0 Å². The van der Waals surface area contributed by atoms with Gasteiger partial charge in [-0.05, 0) is 0 Å². The first-order valence-electron chi connectivity index (χ1n) is 1.39. The van der Waals surface area contributed by atoms with Crippen molar-refractivity contribution in [2.75, 3.05) is 0 Å². The zero-order valence-corrected chi connectivity index (χ0v) is 12.3. The second-order valence-corrected chi connectivity index (χ2v) is 4.85. The quantitative estimate of drug-likeness (QED) is 0.271. The molecule has 0 atom stereocenters. The Kier molecular flexibility index (Phi) is 11.5. The predicted octanol–water partition coefficient (Wildman–Crippen LogP) is -5.17. The van der Waals surface area contributed by atoms with Crippen molar-refractivity contribution in [1.29, 1.82) is 0 Å². The average Bonchev–Trinajstić information content (AvgIpc) is 1.12. The summed E-state index contributed by atoms with van der Waals surface area (Å²) in [5, 5.41) is 0. The van der Waals surface area contributed by atoms with Gasteiger partial charge in [-0.3, -0.25) is 0 Å². The monoisotopic (exact) mass is 515 g/mol. The molecule has 0 fully saturated rings. The second kappa shape index (κ2) is 6.92. The summed E-state index contributed by atoms with van der Waals surface area (Å²) >= 11 is -11.0. The standard InChI is InChI=1S/Mn.3H2O.5O.Pb.Sb/h;3*1H2;;;;;;;/q+2;;;;;;;2*-1;+2;+1/p-3. The molecular formula is H3MnO8PbSb. The largest absolute Gasteiger partial charge is 2.00 e. The molecule has 0 saturated carbocycles. The number of hydrogen-bond donors (Lipinski definition) is 3. The molecule has 0 unspecified atom stereocenters. The van der Waals surface area contributed by atoms with Crippen LogP contribution in [0.15, 0.2) is 0 Å². The van der Waals surface area contributed by atoms with Crippen LogP contribution in [0.5, 0.6) is 0 Å². The second-order valence-electron chi connectivity index (χ2n) is 0.883. The van der Waals surface area contributed by atoms with E-state index in [4.69, 9.17) is 29.2 Å². The summed E-state index contributed by atoms with van der Waals surface area (Å²) in [4.78, 5) is 0. The normalized spacial score (nSPS) is 10.6. The molecule has 0 spiro atoms. The molecule has 0 amide bonds. The van der Waals surface area contributed by atoms with Crippen LogP contribution in [-0.2, 0) is 24.1 Å². The minimum Gasteiger partial charge on any atom is 2.00 e. The minimum absolute atomic E-state index is 0. The maximum absolute atomic E-state index is 8.80. The summed E-state index contributed by atoms with van der Waals surface area (Å²) < 4.78 is 65.1. The van der Waals surface area contributed by atoms with E-state index in [0.717, 1.165) is 0 Å². The molecule has 11 heteroatoms. The summed E-state index contributed by atoms with van der Waals surface area (Å²) in [7, 11) is 0. The predicted molar refractivity (Wildman–Crippen MR) is 20.2 cm³/mol.